The highest BCUT2D eigenvalue weighted by atomic mass is 16.5. The van der Waals surface area contributed by atoms with E-state index in [-0.39, 0.29) is 12.0 Å². The van der Waals surface area contributed by atoms with Crippen LogP contribution in [0.15, 0.2) is 30.3 Å². The number of aliphatic carboxylic acids is 1. The first-order chi connectivity index (χ1) is 14.2. The molecule has 0 aliphatic heterocycles. The Morgan fingerprint density at radius 2 is 1.97 bits per heavy atom. The smallest absolute Gasteiger partial charge is 0.307 e. The van der Waals surface area contributed by atoms with E-state index in [2.05, 4.69) is 44.7 Å². The molecule has 1 fully saturated rings. The normalized spacial score (nSPS) is 14.2. The summed E-state index contributed by atoms with van der Waals surface area (Å²) in [5.74, 6) is 5.74. The van der Waals surface area contributed by atoms with E-state index in [9.17, 15) is 9.59 Å². The van der Waals surface area contributed by atoms with Gasteiger partial charge in [0.15, 0.2) is 0 Å². The summed E-state index contributed by atoms with van der Waals surface area (Å²) in [6.07, 6.45) is 2.75. The maximum atomic E-state index is 11.3. The Morgan fingerprint density at radius 3 is 2.57 bits per heavy atom. The number of hydrogen-bond acceptors (Lipinski definition) is 3. The average molecular weight is 405 g/mol. The highest BCUT2D eigenvalue weighted by Gasteiger charge is 2.38. The second-order valence-corrected chi connectivity index (χ2v) is 8.55. The number of carbonyl (C=O) groups excluding carboxylic acids is 1. The summed E-state index contributed by atoms with van der Waals surface area (Å²) in [6, 6.07) is 9.61. The first-order valence-corrected chi connectivity index (χ1v) is 10.3. The molecule has 0 spiro atoms. The van der Waals surface area contributed by atoms with Crippen LogP contribution in [0.1, 0.15) is 83.3 Å². The zero-order valence-electron chi connectivity index (χ0n) is 18.0. The van der Waals surface area contributed by atoms with E-state index >= 15 is 0 Å². The molecule has 3 rings (SSSR count). The molecule has 0 heterocycles. The summed E-state index contributed by atoms with van der Waals surface area (Å²) < 4.78 is 6.06. The molecule has 1 aliphatic carbocycles. The molecular weight excluding hydrogens is 376 g/mol. The Hall–Kier alpha value is -2.90. The predicted octanol–water partition coefficient (Wildman–Crippen LogP) is 5.03. The Morgan fingerprint density at radius 1 is 1.23 bits per heavy atom. The molecular formula is C26H28O4. The fraction of sp³-hybridized carbons (Fsp3) is 0.385. The van der Waals surface area contributed by atoms with Crippen LogP contribution >= 0.6 is 0 Å². The first kappa shape index (κ1) is 21.8. The fourth-order valence-electron chi connectivity index (χ4n) is 3.46. The van der Waals surface area contributed by atoms with Gasteiger partial charge in [-0.2, -0.15) is 0 Å². The van der Waals surface area contributed by atoms with Crippen molar-refractivity contribution in [3.8, 4) is 11.8 Å². The van der Waals surface area contributed by atoms with Crippen LogP contribution in [0.4, 0.5) is 0 Å². The van der Waals surface area contributed by atoms with Gasteiger partial charge in [-0.1, -0.05) is 37.8 Å². The van der Waals surface area contributed by atoms with Gasteiger partial charge in [0.1, 0.15) is 6.29 Å². The molecule has 2 aromatic rings. The summed E-state index contributed by atoms with van der Waals surface area (Å²) in [4.78, 5) is 22.4. The molecule has 4 heteroatoms. The van der Waals surface area contributed by atoms with E-state index in [1.807, 2.05) is 13.0 Å². The zero-order chi connectivity index (χ0) is 21.9. The lowest BCUT2D eigenvalue weighted by Crippen LogP contribution is -2.09. The van der Waals surface area contributed by atoms with Crippen LogP contribution in [-0.2, 0) is 22.6 Å². The van der Waals surface area contributed by atoms with Gasteiger partial charge in [-0.15, -0.1) is 0 Å². The lowest BCUT2D eigenvalue weighted by atomic mass is 9.94. The van der Waals surface area contributed by atoms with Gasteiger partial charge < -0.3 is 9.84 Å². The molecule has 0 aromatic heterocycles. The van der Waals surface area contributed by atoms with E-state index in [1.165, 1.54) is 11.1 Å². The number of rotatable bonds is 7. The second-order valence-electron chi connectivity index (χ2n) is 8.55. The molecule has 0 bridgehead atoms. The van der Waals surface area contributed by atoms with E-state index in [4.69, 9.17) is 9.84 Å². The molecule has 0 radical (unpaired) electrons. The highest BCUT2D eigenvalue weighted by molar-refractivity contribution is 5.83. The van der Waals surface area contributed by atoms with Crippen molar-refractivity contribution >= 4 is 12.3 Å². The second kappa shape index (κ2) is 8.85. The Kier molecular flexibility index (Phi) is 6.43. The lowest BCUT2D eigenvalue weighted by molar-refractivity contribution is -0.136. The third kappa shape index (κ3) is 5.17. The SMILES string of the molecule is Cc1c(C#Cc2ccc(COC3(C)CC3)c(C(C)C)c2)ccc(C=O)c1CC(=O)O. The van der Waals surface area contributed by atoms with Crippen molar-refractivity contribution in [3.63, 3.8) is 0 Å². The molecule has 0 amide bonds. The number of benzene rings is 2. The van der Waals surface area contributed by atoms with E-state index in [0.29, 0.717) is 29.9 Å². The maximum absolute atomic E-state index is 11.3. The molecule has 1 saturated carbocycles. The van der Waals surface area contributed by atoms with Crippen LogP contribution in [0, 0.1) is 18.8 Å². The van der Waals surface area contributed by atoms with Gasteiger partial charge in [0.05, 0.1) is 18.6 Å². The number of carbonyl (C=O) groups is 2. The van der Waals surface area contributed by atoms with Crippen LogP contribution in [0.5, 0.6) is 0 Å². The maximum Gasteiger partial charge on any atom is 0.307 e. The summed E-state index contributed by atoms with van der Waals surface area (Å²) in [5, 5.41) is 9.15. The van der Waals surface area contributed by atoms with Crippen LogP contribution in [-0.4, -0.2) is 23.0 Å². The van der Waals surface area contributed by atoms with Crippen molar-refractivity contribution in [2.45, 2.75) is 65.1 Å². The number of carboxylic acids is 1. The minimum absolute atomic E-state index is 0.0472. The fourth-order valence-corrected chi connectivity index (χ4v) is 3.46. The third-order valence-electron chi connectivity index (χ3n) is 5.73. The molecule has 0 unspecified atom stereocenters. The molecule has 0 saturated heterocycles. The van der Waals surface area contributed by atoms with Crippen LogP contribution in [0.3, 0.4) is 0 Å². The van der Waals surface area contributed by atoms with Crippen molar-refractivity contribution in [2.75, 3.05) is 0 Å². The Bertz CT molecular complexity index is 1030. The van der Waals surface area contributed by atoms with E-state index in [1.54, 1.807) is 12.1 Å². The minimum Gasteiger partial charge on any atom is -0.481 e. The Labute approximate surface area is 178 Å². The van der Waals surface area contributed by atoms with Crippen LogP contribution < -0.4 is 0 Å². The largest absolute Gasteiger partial charge is 0.481 e. The van der Waals surface area contributed by atoms with Gasteiger partial charge in [-0.25, -0.2) is 0 Å². The van der Waals surface area contributed by atoms with Crippen molar-refractivity contribution < 1.29 is 19.4 Å². The summed E-state index contributed by atoms with van der Waals surface area (Å²) >= 11 is 0. The molecule has 1 N–H and O–H groups in total. The van der Waals surface area contributed by atoms with Gasteiger partial charge in [0.2, 0.25) is 0 Å². The monoisotopic (exact) mass is 404 g/mol. The first-order valence-electron chi connectivity index (χ1n) is 10.3. The minimum atomic E-state index is -0.967. The molecule has 1 aliphatic rings. The van der Waals surface area contributed by atoms with Gasteiger partial charge in [0, 0.05) is 16.7 Å². The summed E-state index contributed by atoms with van der Waals surface area (Å²) in [5.41, 5.74) is 5.76. The summed E-state index contributed by atoms with van der Waals surface area (Å²) in [6.45, 7) is 8.90. The number of aldehydes is 1. The average Bonchev–Trinajstić information content (AvgIpc) is 3.44. The molecule has 0 atom stereocenters. The van der Waals surface area contributed by atoms with E-state index < -0.39 is 5.97 Å². The van der Waals surface area contributed by atoms with Gasteiger partial charge in [-0.3, -0.25) is 9.59 Å². The zero-order valence-corrected chi connectivity index (χ0v) is 18.0. The Balaban J connectivity index is 1.89. The van der Waals surface area contributed by atoms with Gasteiger partial charge >= 0.3 is 5.97 Å². The van der Waals surface area contributed by atoms with Crippen LogP contribution in [0.2, 0.25) is 0 Å². The summed E-state index contributed by atoms with van der Waals surface area (Å²) in [7, 11) is 0. The molecule has 30 heavy (non-hydrogen) atoms. The molecule has 156 valence electrons. The number of ether oxygens (including phenoxy) is 1. The van der Waals surface area contributed by atoms with Crippen LogP contribution in [0.25, 0.3) is 0 Å². The van der Waals surface area contributed by atoms with E-state index in [0.717, 1.165) is 29.5 Å². The quantitative estimate of drug-likeness (QED) is 0.519. The highest BCUT2D eigenvalue weighted by Crippen LogP contribution is 2.39. The molecule has 2 aromatic carbocycles. The molecule has 4 nitrogen and oxygen atoms in total. The van der Waals surface area contributed by atoms with Gasteiger partial charge in [0.25, 0.3) is 0 Å². The lowest BCUT2D eigenvalue weighted by Gasteiger charge is -2.16. The van der Waals surface area contributed by atoms with Crippen molar-refractivity contribution in [3.05, 3.63) is 69.3 Å². The standard InChI is InChI=1S/C26H28O4/c1-17(2)23-13-19(6-8-22(23)16-30-26(4)11-12-26)5-7-20-9-10-21(15-27)24(18(20)3)14-25(28)29/h6,8-10,13,15,17H,11-12,14,16H2,1-4H3,(H,28,29). The van der Waals surface area contributed by atoms with Crippen molar-refractivity contribution in [2.24, 2.45) is 0 Å². The van der Waals surface area contributed by atoms with Crippen molar-refractivity contribution in [1.29, 1.82) is 0 Å². The topological polar surface area (TPSA) is 63.6 Å². The predicted molar refractivity (Wildman–Crippen MR) is 117 cm³/mol. The number of carboxylic acid groups (broad SMARTS) is 1. The van der Waals surface area contributed by atoms with Gasteiger partial charge in [-0.05, 0) is 73.1 Å². The third-order valence-corrected chi connectivity index (χ3v) is 5.73. The number of hydrogen-bond donors (Lipinski definition) is 1. The van der Waals surface area contributed by atoms with Crippen molar-refractivity contribution in [1.82, 2.24) is 0 Å².